The third-order valence-electron chi connectivity index (χ3n) is 6.79. The number of carbonyl (C=O) groups is 1. The van der Waals surface area contributed by atoms with Gasteiger partial charge >= 0.3 is 0 Å². The Labute approximate surface area is 240 Å². The summed E-state index contributed by atoms with van der Waals surface area (Å²) in [6, 6.07) is 13.4. The zero-order valence-corrected chi connectivity index (χ0v) is 22.5. The molecule has 0 saturated carbocycles. The van der Waals surface area contributed by atoms with Crippen molar-refractivity contribution in [2.45, 2.75) is 19.3 Å². The molecule has 0 bridgehead atoms. The molecule has 10 heteroatoms. The zero-order chi connectivity index (χ0) is 29.6. The topological polar surface area (TPSA) is 150 Å². The zero-order valence-electron chi connectivity index (χ0n) is 22.5. The summed E-state index contributed by atoms with van der Waals surface area (Å²) in [5, 5.41) is 38.3. The van der Waals surface area contributed by atoms with Gasteiger partial charge in [0.15, 0.2) is 28.8 Å². The molecule has 1 amide bonds. The third-order valence-corrected chi connectivity index (χ3v) is 6.79. The lowest BCUT2D eigenvalue weighted by atomic mass is 10.1. The van der Waals surface area contributed by atoms with Crippen molar-refractivity contribution < 1.29 is 39.1 Å². The second kappa shape index (κ2) is 12.4. The molecule has 0 radical (unpaired) electrons. The van der Waals surface area contributed by atoms with Crippen molar-refractivity contribution >= 4 is 23.0 Å². The molecule has 4 N–H and O–H groups in total. The van der Waals surface area contributed by atoms with Crippen molar-refractivity contribution in [2.75, 3.05) is 19.9 Å². The van der Waals surface area contributed by atoms with Gasteiger partial charge in [-0.05, 0) is 67.3 Å². The van der Waals surface area contributed by atoms with Crippen LogP contribution < -0.4 is 14.9 Å². The summed E-state index contributed by atoms with van der Waals surface area (Å²) in [4.78, 5) is 25.9. The lowest BCUT2D eigenvalue weighted by Crippen LogP contribution is -2.34. The van der Waals surface area contributed by atoms with Crippen molar-refractivity contribution in [1.29, 1.82) is 0 Å². The van der Waals surface area contributed by atoms with E-state index in [1.807, 2.05) is 35.3 Å². The summed E-state index contributed by atoms with van der Waals surface area (Å²) < 4.78 is 16.0. The van der Waals surface area contributed by atoms with E-state index in [1.165, 1.54) is 36.8 Å². The molecule has 0 spiro atoms. The third kappa shape index (κ3) is 6.33. The molecule has 1 aromatic heterocycles. The van der Waals surface area contributed by atoms with Gasteiger partial charge in [-0.15, -0.1) is 0 Å². The predicted molar refractivity (Wildman–Crippen MR) is 156 cm³/mol. The molecule has 6 rings (SSSR count). The highest BCUT2D eigenvalue weighted by Crippen LogP contribution is 2.36. The second-order valence-electron chi connectivity index (χ2n) is 9.71. The van der Waals surface area contributed by atoms with E-state index in [0.29, 0.717) is 0 Å². The molecule has 0 aliphatic carbocycles. The number of aromatic hydroxyl groups is 4. The van der Waals surface area contributed by atoms with Crippen molar-refractivity contribution in [2.24, 2.45) is 0 Å². The number of amides is 1. The first-order valence-corrected chi connectivity index (χ1v) is 13.3. The number of phenols is 3. The van der Waals surface area contributed by atoms with Crippen LogP contribution in [0.2, 0.25) is 0 Å². The van der Waals surface area contributed by atoms with E-state index in [0.717, 1.165) is 49.1 Å². The van der Waals surface area contributed by atoms with Crippen LogP contribution in [0.4, 0.5) is 0 Å². The lowest BCUT2D eigenvalue weighted by molar-refractivity contribution is -0.126. The van der Waals surface area contributed by atoms with Crippen molar-refractivity contribution in [3.63, 3.8) is 0 Å². The number of rotatable bonds is 4. The average molecular weight is 572 g/mol. The van der Waals surface area contributed by atoms with E-state index in [-0.39, 0.29) is 46.5 Å². The number of phenolic OH excluding ortho intramolecular Hbond substituents is 3. The number of nitrogens with zero attached hydrogens (tertiary/aromatic N) is 1. The fourth-order valence-corrected chi connectivity index (χ4v) is 4.57. The smallest absolute Gasteiger partial charge is 0.246 e. The summed E-state index contributed by atoms with van der Waals surface area (Å²) in [6.07, 6.45) is 10.7. The number of benzene rings is 3. The Morgan fingerprint density at radius 3 is 2.38 bits per heavy atom. The Morgan fingerprint density at radius 1 is 0.810 bits per heavy atom. The fourth-order valence-electron chi connectivity index (χ4n) is 4.57. The monoisotopic (exact) mass is 571 g/mol. The minimum Gasteiger partial charge on any atom is -0.508 e. The molecule has 42 heavy (non-hydrogen) atoms. The summed E-state index contributed by atoms with van der Waals surface area (Å²) in [6.45, 7) is 2.05. The molecule has 2 aliphatic rings. The summed E-state index contributed by atoms with van der Waals surface area (Å²) in [5.41, 5.74) is 0.679. The highest BCUT2D eigenvalue weighted by atomic mass is 16.7. The van der Waals surface area contributed by atoms with E-state index in [1.54, 1.807) is 12.2 Å². The van der Waals surface area contributed by atoms with E-state index >= 15 is 0 Å². The molecular weight excluding hydrogens is 542 g/mol. The Hall–Kier alpha value is -5.38. The van der Waals surface area contributed by atoms with Gasteiger partial charge in [0.1, 0.15) is 11.3 Å². The van der Waals surface area contributed by atoms with Crippen LogP contribution in [0.25, 0.3) is 28.4 Å². The van der Waals surface area contributed by atoms with Gasteiger partial charge in [-0.3, -0.25) is 9.59 Å². The predicted octanol–water partition coefficient (Wildman–Crippen LogP) is 5.28. The van der Waals surface area contributed by atoms with Gasteiger partial charge in [-0.1, -0.05) is 24.3 Å². The van der Waals surface area contributed by atoms with E-state index in [2.05, 4.69) is 0 Å². The molecule has 0 unspecified atom stereocenters. The van der Waals surface area contributed by atoms with Gasteiger partial charge in [0, 0.05) is 30.8 Å². The number of carbonyl (C=O) groups excluding carboxylic acids is 1. The van der Waals surface area contributed by atoms with Crippen molar-refractivity contribution in [3.05, 3.63) is 88.6 Å². The van der Waals surface area contributed by atoms with E-state index in [4.69, 9.17) is 13.9 Å². The summed E-state index contributed by atoms with van der Waals surface area (Å²) in [7, 11) is 0. The van der Waals surface area contributed by atoms with Gasteiger partial charge < -0.3 is 39.2 Å². The normalized spacial score (nSPS) is 14.3. The Morgan fingerprint density at radius 2 is 1.60 bits per heavy atom. The number of fused-ring (bicyclic) bond motifs is 2. The van der Waals surface area contributed by atoms with E-state index < -0.39 is 16.9 Å². The molecule has 0 atom stereocenters. The number of ether oxygens (including phenoxy) is 2. The van der Waals surface area contributed by atoms with Crippen molar-refractivity contribution in [1.82, 2.24) is 4.90 Å². The summed E-state index contributed by atoms with van der Waals surface area (Å²) >= 11 is 0. The van der Waals surface area contributed by atoms with Crippen LogP contribution >= 0.6 is 0 Å². The maximum absolute atomic E-state index is 12.1. The molecule has 3 aromatic carbocycles. The molecule has 3 heterocycles. The number of piperidine rings is 1. The van der Waals surface area contributed by atoms with Crippen LogP contribution in [0.3, 0.4) is 0 Å². The maximum atomic E-state index is 12.1. The first-order chi connectivity index (χ1) is 20.3. The van der Waals surface area contributed by atoms with Crippen LogP contribution in [0.5, 0.6) is 34.5 Å². The lowest BCUT2D eigenvalue weighted by Gasteiger charge is -2.25. The highest BCUT2D eigenvalue weighted by Gasteiger charge is 2.17. The van der Waals surface area contributed by atoms with Gasteiger partial charge in [0.25, 0.3) is 0 Å². The number of likely N-dealkylation sites (tertiary alicyclic amines) is 1. The number of allylic oxidation sites excluding steroid dienone is 2. The van der Waals surface area contributed by atoms with Crippen LogP contribution in [-0.4, -0.2) is 51.1 Å². The maximum Gasteiger partial charge on any atom is 0.246 e. The average Bonchev–Trinajstić information content (AvgIpc) is 3.47. The summed E-state index contributed by atoms with van der Waals surface area (Å²) in [5.74, 6) is 0.0469. The molecule has 216 valence electrons. The Kier molecular flexibility index (Phi) is 8.33. The molecule has 1 saturated heterocycles. The van der Waals surface area contributed by atoms with Gasteiger partial charge in [0.2, 0.25) is 23.9 Å². The fraction of sp³-hybridized carbons (Fsp3) is 0.188. The first kappa shape index (κ1) is 28.2. The van der Waals surface area contributed by atoms with Crippen LogP contribution in [0.1, 0.15) is 24.8 Å². The Balaban J connectivity index is 0.000000168. The Bertz CT molecular complexity index is 1730. The van der Waals surface area contributed by atoms with Gasteiger partial charge in [-0.25, -0.2) is 0 Å². The quantitative estimate of drug-likeness (QED) is 0.146. The van der Waals surface area contributed by atoms with Gasteiger partial charge in [-0.2, -0.15) is 0 Å². The molecule has 1 fully saturated rings. The molecule has 4 aromatic rings. The number of hydrogen-bond acceptors (Lipinski definition) is 9. The largest absolute Gasteiger partial charge is 0.508 e. The van der Waals surface area contributed by atoms with E-state index in [9.17, 15) is 30.0 Å². The van der Waals surface area contributed by atoms with Crippen LogP contribution in [-0.2, 0) is 4.79 Å². The van der Waals surface area contributed by atoms with Crippen LogP contribution in [0, 0.1) is 0 Å². The second-order valence-corrected chi connectivity index (χ2v) is 9.71. The SMILES string of the molecule is O=C(C=CC=Cc1ccc2c(c1)OCO2)N1CCCCC1.O=c1c(O)c(-c2ccc(O)c(O)c2)oc2cc(O)ccc12. The van der Waals surface area contributed by atoms with Crippen molar-refractivity contribution in [3.8, 4) is 45.8 Å². The highest BCUT2D eigenvalue weighted by molar-refractivity contribution is 5.88. The molecular formula is C32H29NO9. The molecule has 2 aliphatic heterocycles. The standard InChI is InChI=1S/C17H19NO3.C15H10O6/c19-17(18-10-4-1-5-11-18)7-3-2-6-14-8-9-15-16(12-14)21-13-20-15;16-8-2-3-9-12(6-8)21-15(14(20)13(9)19)7-1-4-10(17)11(18)5-7/h2-3,6-9,12H,1,4-5,10-11,13H2;1-6,16-18,20H. The van der Waals surface area contributed by atoms with Gasteiger partial charge in [0.05, 0.1) is 5.39 Å². The molecule has 10 nitrogen and oxygen atoms in total. The first-order valence-electron chi connectivity index (χ1n) is 13.3. The van der Waals surface area contributed by atoms with Crippen LogP contribution in [0.15, 0.2) is 82.0 Å². The number of hydrogen-bond donors (Lipinski definition) is 4. The minimum atomic E-state index is -0.654. The minimum absolute atomic E-state index is 0.0872.